The van der Waals surface area contributed by atoms with Crippen molar-refractivity contribution in [3.8, 4) is 0 Å². The van der Waals surface area contributed by atoms with Crippen molar-refractivity contribution in [3.63, 3.8) is 0 Å². The van der Waals surface area contributed by atoms with Crippen molar-refractivity contribution in [3.05, 3.63) is 75.9 Å². The second-order valence-corrected chi connectivity index (χ2v) is 7.24. The van der Waals surface area contributed by atoms with E-state index in [2.05, 4.69) is 4.99 Å². The van der Waals surface area contributed by atoms with Gasteiger partial charge >= 0.3 is 5.91 Å². The van der Waals surface area contributed by atoms with Gasteiger partial charge in [0, 0.05) is 30.2 Å². The summed E-state index contributed by atoms with van der Waals surface area (Å²) in [6, 6.07) is 10.9. The van der Waals surface area contributed by atoms with E-state index in [4.69, 9.17) is 4.42 Å². The summed E-state index contributed by atoms with van der Waals surface area (Å²) in [4.78, 5) is 31.7. The number of hydrogen-bond donors (Lipinski definition) is 0. The number of carbonyl (C=O) groups excluding carboxylic acids is 2. The summed E-state index contributed by atoms with van der Waals surface area (Å²) in [5, 5.41) is 1.87. The van der Waals surface area contributed by atoms with E-state index < -0.39 is 5.91 Å². The smallest absolute Gasteiger partial charge is 0.315 e. The third-order valence-corrected chi connectivity index (χ3v) is 5.37. The van der Waals surface area contributed by atoms with Gasteiger partial charge in [0.2, 0.25) is 0 Å². The molecule has 1 saturated heterocycles. The molecule has 138 valence electrons. The van der Waals surface area contributed by atoms with E-state index in [0.717, 1.165) is 31.5 Å². The van der Waals surface area contributed by atoms with Crippen molar-refractivity contribution in [2.45, 2.75) is 19.4 Å². The van der Waals surface area contributed by atoms with Crippen LogP contribution in [0.25, 0.3) is 0 Å². The molecule has 1 aliphatic rings. The van der Waals surface area contributed by atoms with Crippen LogP contribution in [0.15, 0.2) is 63.6 Å². The summed E-state index contributed by atoms with van der Waals surface area (Å²) in [5.41, 5.74) is 1.63. The first-order valence-corrected chi connectivity index (χ1v) is 9.74. The molecule has 0 unspecified atom stereocenters. The summed E-state index contributed by atoms with van der Waals surface area (Å²) in [6.07, 6.45) is 5.44. The number of amides is 2. The van der Waals surface area contributed by atoms with Gasteiger partial charge in [-0.1, -0.05) is 18.2 Å². The molecule has 4 rings (SSSR count). The predicted octanol–water partition coefficient (Wildman–Crippen LogP) is 3.17. The third kappa shape index (κ3) is 3.78. The van der Waals surface area contributed by atoms with Crippen molar-refractivity contribution < 1.29 is 14.0 Å². The number of furan rings is 1. The highest BCUT2D eigenvalue weighted by atomic mass is 32.1. The summed E-state index contributed by atoms with van der Waals surface area (Å²) in [7, 11) is 0. The molecule has 0 spiro atoms. The lowest BCUT2D eigenvalue weighted by Gasteiger charge is -2.17. The molecule has 1 aliphatic heterocycles. The van der Waals surface area contributed by atoms with Crippen LogP contribution in [0.4, 0.5) is 0 Å². The molecule has 0 radical (unpaired) electrons. The zero-order valence-corrected chi connectivity index (χ0v) is 15.5. The van der Waals surface area contributed by atoms with E-state index in [1.165, 1.54) is 17.6 Å². The van der Waals surface area contributed by atoms with Crippen LogP contribution in [0.5, 0.6) is 0 Å². The Morgan fingerprint density at radius 1 is 1.11 bits per heavy atom. The predicted molar refractivity (Wildman–Crippen MR) is 102 cm³/mol. The Morgan fingerprint density at radius 3 is 2.70 bits per heavy atom. The van der Waals surface area contributed by atoms with Gasteiger partial charge in [-0.3, -0.25) is 9.59 Å². The maximum absolute atomic E-state index is 12.8. The van der Waals surface area contributed by atoms with Crippen LogP contribution in [0.3, 0.4) is 0 Å². The minimum absolute atomic E-state index is 0.0732. The molecule has 3 aromatic rings. The largest absolute Gasteiger partial charge is 0.459 e. The second kappa shape index (κ2) is 7.75. The highest BCUT2D eigenvalue weighted by Gasteiger charge is 2.21. The van der Waals surface area contributed by atoms with Crippen molar-refractivity contribution in [2.75, 3.05) is 13.1 Å². The van der Waals surface area contributed by atoms with Crippen LogP contribution < -0.4 is 4.80 Å². The fraction of sp³-hybridized carbons (Fsp3) is 0.250. The zero-order valence-electron chi connectivity index (χ0n) is 14.7. The maximum atomic E-state index is 12.8. The summed E-state index contributed by atoms with van der Waals surface area (Å²) < 4.78 is 6.99. The Balaban J connectivity index is 1.62. The Labute approximate surface area is 160 Å². The van der Waals surface area contributed by atoms with Crippen LogP contribution in [0, 0.1) is 0 Å². The van der Waals surface area contributed by atoms with Gasteiger partial charge in [-0.15, -0.1) is 11.3 Å². The second-order valence-electron chi connectivity index (χ2n) is 6.36. The van der Waals surface area contributed by atoms with Gasteiger partial charge in [-0.2, -0.15) is 4.99 Å². The van der Waals surface area contributed by atoms with Gasteiger partial charge < -0.3 is 13.9 Å². The number of likely N-dealkylation sites (tertiary alicyclic amines) is 1. The molecule has 0 bridgehead atoms. The Kier molecular flexibility index (Phi) is 5.02. The fourth-order valence-corrected chi connectivity index (χ4v) is 3.92. The summed E-state index contributed by atoms with van der Waals surface area (Å²) in [6.45, 7) is 2.11. The van der Waals surface area contributed by atoms with Crippen molar-refractivity contribution in [1.82, 2.24) is 9.47 Å². The first kappa shape index (κ1) is 17.5. The van der Waals surface area contributed by atoms with E-state index in [1.54, 1.807) is 12.1 Å². The Morgan fingerprint density at radius 2 is 1.93 bits per heavy atom. The average Bonchev–Trinajstić information content (AvgIpc) is 3.45. The molecule has 1 aromatic carbocycles. The molecular formula is C20H19N3O3S. The number of aromatic nitrogens is 1. The molecule has 27 heavy (non-hydrogen) atoms. The highest BCUT2D eigenvalue weighted by Crippen LogP contribution is 2.17. The molecule has 3 heterocycles. The van der Waals surface area contributed by atoms with E-state index >= 15 is 0 Å². The van der Waals surface area contributed by atoms with Gasteiger partial charge in [0.25, 0.3) is 5.91 Å². The SMILES string of the molecule is O=C(N=c1sccn1Cc1ccccc1C(=O)N1CCCC1)c1ccco1. The third-order valence-electron chi connectivity index (χ3n) is 4.57. The summed E-state index contributed by atoms with van der Waals surface area (Å²) in [5.74, 6) is -0.138. The minimum Gasteiger partial charge on any atom is -0.459 e. The zero-order chi connectivity index (χ0) is 18.6. The number of rotatable bonds is 4. The van der Waals surface area contributed by atoms with E-state index in [1.807, 2.05) is 45.3 Å². The minimum atomic E-state index is -0.419. The van der Waals surface area contributed by atoms with E-state index in [9.17, 15) is 9.59 Å². The molecule has 0 atom stereocenters. The monoisotopic (exact) mass is 381 g/mol. The lowest BCUT2D eigenvalue weighted by atomic mass is 10.1. The quantitative estimate of drug-likeness (QED) is 0.697. The molecular weight excluding hydrogens is 362 g/mol. The number of benzene rings is 1. The molecule has 0 aliphatic carbocycles. The van der Waals surface area contributed by atoms with Gasteiger partial charge in [0.1, 0.15) is 0 Å². The topological polar surface area (TPSA) is 67.8 Å². The average molecular weight is 381 g/mol. The number of nitrogens with zero attached hydrogens (tertiary/aromatic N) is 3. The highest BCUT2D eigenvalue weighted by molar-refractivity contribution is 7.07. The van der Waals surface area contributed by atoms with Crippen LogP contribution in [0.1, 0.15) is 39.3 Å². The van der Waals surface area contributed by atoms with Crippen LogP contribution in [-0.4, -0.2) is 34.4 Å². The van der Waals surface area contributed by atoms with Gasteiger partial charge in [-0.05, 0) is 36.6 Å². The Bertz CT molecular complexity index is 1010. The number of hydrogen-bond acceptors (Lipinski definition) is 4. The lowest BCUT2D eigenvalue weighted by Crippen LogP contribution is -2.29. The van der Waals surface area contributed by atoms with E-state index in [-0.39, 0.29) is 11.7 Å². The molecule has 0 N–H and O–H groups in total. The molecule has 0 saturated carbocycles. The molecule has 1 fully saturated rings. The normalized spacial score (nSPS) is 14.7. The van der Waals surface area contributed by atoms with Gasteiger partial charge in [-0.25, -0.2) is 0 Å². The molecule has 6 nitrogen and oxygen atoms in total. The Hall–Kier alpha value is -2.93. The standard InChI is InChI=1S/C20H19N3O3S/c24-18(17-8-5-12-26-17)21-20-23(11-13-27-20)14-15-6-1-2-7-16(15)19(25)22-9-3-4-10-22/h1-2,5-8,11-13H,3-4,9-10,14H2. The molecule has 2 amide bonds. The van der Waals surface area contributed by atoms with Gasteiger partial charge in [0.15, 0.2) is 10.6 Å². The van der Waals surface area contributed by atoms with Gasteiger partial charge in [0.05, 0.1) is 12.8 Å². The van der Waals surface area contributed by atoms with Crippen molar-refractivity contribution >= 4 is 23.2 Å². The number of thiazole rings is 1. The maximum Gasteiger partial charge on any atom is 0.315 e. The molecule has 7 heteroatoms. The molecule has 2 aromatic heterocycles. The van der Waals surface area contributed by atoms with Crippen molar-refractivity contribution in [2.24, 2.45) is 4.99 Å². The number of carbonyl (C=O) groups is 2. The van der Waals surface area contributed by atoms with Crippen LogP contribution in [0.2, 0.25) is 0 Å². The fourth-order valence-electron chi connectivity index (χ4n) is 3.19. The summed E-state index contributed by atoms with van der Waals surface area (Å²) >= 11 is 1.37. The first-order chi connectivity index (χ1) is 13.2. The first-order valence-electron chi connectivity index (χ1n) is 8.86. The lowest BCUT2D eigenvalue weighted by molar-refractivity contribution is 0.0791. The van der Waals surface area contributed by atoms with E-state index in [0.29, 0.717) is 16.9 Å². The van der Waals surface area contributed by atoms with Crippen LogP contribution >= 0.6 is 11.3 Å². The van der Waals surface area contributed by atoms with Crippen LogP contribution in [-0.2, 0) is 6.54 Å². The van der Waals surface area contributed by atoms with Crippen molar-refractivity contribution in [1.29, 1.82) is 0 Å².